The molecule has 0 atom stereocenters. The summed E-state index contributed by atoms with van der Waals surface area (Å²) in [6.07, 6.45) is 3.53. The number of nitrogens with one attached hydrogen (secondary N) is 2. The van der Waals surface area contributed by atoms with Gasteiger partial charge < -0.3 is 5.73 Å². The number of halogens is 2. The van der Waals surface area contributed by atoms with E-state index in [4.69, 9.17) is 39.2 Å². The Balaban J connectivity index is 2.47. The van der Waals surface area contributed by atoms with E-state index in [0.717, 1.165) is 5.56 Å². The molecule has 0 saturated carbocycles. The van der Waals surface area contributed by atoms with Crippen molar-refractivity contribution in [1.29, 1.82) is 5.41 Å². The van der Waals surface area contributed by atoms with E-state index in [-0.39, 0.29) is 12.6 Å². The summed E-state index contributed by atoms with van der Waals surface area (Å²) in [5.41, 5.74) is 8.07. The Morgan fingerprint density at radius 2 is 2.25 bits per heavy atom. The number of nitrogens with two attached hydrogens (primary N) is 1. The van der Waals surface area contributed by atoms with Crippen molar-refractivity contribution in [2.24, 2.45) is 5.73 Å². The second kappa shape index (κ2) is 6.37. The molecule has 1 rings (SSSR count). The van der Waals surface area contributed by atoms with Gasteiger partial charge in [0.25, 0.3) is 0 Å². The molecule has 0 aromatic heterocycles. The van der Waals surface area contributed by atoms with E-state index < -0.39 is 0 Å². The number of guanidine groups is 1. The molecule has 0 amide bonds. The van der Waals surface area contributed by atoms with Crippen LogP contribution in [0.1, 0.15) is 5.56 Å². The Morgan fingerprint density at radius 1 is 1.50 bits per heavy atom. The molecule has 0 spiro atoms. The minimum absolute atomic E-state index is 0.238. The lowest BCUT2D eigenvalue weighted by Gasteiger charge is -2.01. The third-order valence-corrected chi connectivity index (χ3v) is 2.18. The Hall–Kier alpha value is -1.23. The van der Waals surface area contributed by atoms with E-state index in [0.29, 0.717) is 10.0 Å². The molecule has 6 heteroatoms. The van der Waals surface area contributed by atoms with Crippen LogP contribution in [0.15, 0.2) is 24.3 Å². The quantitative estimate of drug-likeness (QED) is 0.337. The van der Waals surface area contributed by atoms with E-state index in [9.17, 15) is 0 Å². The van der Waals surface area contributed by atoms with Gasteiger partial charge in [0.05, 0.1) is 6.61 Å². The average molecular weight is 260 g/mol. The predicted octanol–water partition coefficient (Wildman–Crippen LogP) is 2.42. The molecule has 0 radical (unpaired) electrons. The second-order valence-electron chi connectivity index (χ2n) is 2.89. The van der Waals surface area contributed by atoms with Crippen LogP contribution in [0.2, 0.25) is 10.0 Å². The van der Waals surface area contributed by atoms with Crippen molar-refractivity contribution >= 4 is 35.2 Å². The fourth-order valence-corrected chi connectivity index (χ4v) is 1.45. The van der Waals surface area contributed by atoms with Gasteiger partial charge in [-0.15, -0.1) is 0 Å². The first-order valence-electron chi connectivity index (χ1n) is 4.43. The Labute approximate surface area is 103 Å². The van der Waals surface area contributed by atoms with Crippen molar-refractivity contribution in [3.05, 3.63) is 39.9 Å². The molecular weight excluding hydrogens is 249 g/mol. The Morgan fingerprint density at radius 3 is 2.88 bits per heavy atom. The van der Waals surface area contributed by atoms with E-state index in [1.165, 1.54) is 0 Å². The molecule has 0 heterocycles. The third kappa shape index (κ3) is 4.53. The van der Waals surface area contributed by atoms with Crippen molar-refractivity contribution in [1.82, 2.24) is 5.48 Å². The zero-order chi connectivity index (χ0) is 12.0. The molecule has 0 unspecified atom stereocenters. The summed E-state index contributed by atoms with van der Waals surface area (Å²) in [5.74, 6) is -0.238. The van der Waals surface area contributed by atoms with E-state index >= 15 is 0 Å². The molecule has 4 N–H and O–H groups in total. The highest BCUT2D eigenvalue weighted by Crippen LogP contribution is 2.21. The van der Waals surface area contributed by atoms with Gasteiger partial charge in [-0.2, -0.15) is 0 Å². The predicted molar refractivity (Wildman–Crippen MR) is 66.5 cm³/mol. The van der Waals surface area contributed by atoms with Gasteiger partial charge in [-0.05, 0) is 17.7 Å². The second-order valence-corrected chi connectivity index (χ2v) is 3.74. The van der Waals surface area contributed by atoms with Crippen LogP contribution in [0.5, 0.6) is 0 Å². The average Bonchev–Trinajstić information content (AvgIpc) is 2.20. The molecule has 1 aromatic rings. The lowest BCUT2D eigenvalue weighted by Crippen LogP contribution is -2.30. The minimum Gasteiger partial charge on any atom is -0.368 e. The van der Waals surface area contributed by atoms with Crippen molar-refractivity contribution < 1.29 is 4.84 Å². The molecular formula is C10H11Cl2N3O. The number of hydrogen-bond donors (Lipinski definition) is 3. The summed E-state index contributed by atoms with van der Waals surface area (Å²) in [7, 11) is 0. The summed E-state index contributed by atoms with van der Waals surface area (Å²) in [4.78, 5) is 4.82. The van der Waals surface area contributed by atoms with Gasteiger partial charge in [0, 0.05) is 10.0 Å². The van der Waals surface area contributed by atoms with Crippen molar-refractivity contribution in [2.45, 2.75) is 0 Å². The van der Waals surface area contributed by atoms with Crippen molar-refractivity contribution in [3.8, 4) is 0 Å². The first kappa shape index (κ1) is 12.8. The van der Waals surface area contributed by atoms with Crippen molar-refractivity contribution in [2.75, 3.05) is 6.61 Å². The largest absolute Gasteiger partial charge is 0.368 e. The number of rotatable bonds is 4. The topological polar surface area (TPSA) is 71.1 Å². The Bertz CT molecular complexity index is 407. The number of hydrogen-bond acceptors (Lipinski definition) is 2. The molecule has 0 bridgehead atoms. The first-order chi connectivity index (χ1) is 7.59. The van der Waals surface area contributed by atoms with Gasteiger partial charge in [0.2, 0.25) is 5.96 Å². The van der Waals surface area contributed by atoms with Crippen LogP contribution in [-0.2, 0) is 4.84 Å². The molecule has 0 aliphatic rings. The molecule has 86 valence electrons. The monoisotopic (exact) mass is 259 g/mol. The minimum atomic E-state index is -0.238. The van der Waals surface area contributed by atoms with E-state index in [1.807, 2.05) is 0 Å². The summed E-state index contributed by atoms with van der Waals surface area (Å²) >= 11 is 11.7. The highest BCUT2D eigenvalue weighted by atomic mass is 35.5. The molecule has 4 nitrogen and oxygen atoms in total. The maximum atomic E-state index is 6.83. The zero-order valence-corrected chi connectivity index (χ0v) is 9.85. The van der Waals surface area contributed by atoms with E-state index in [2.05, 4.69) is 5.48 Å². The van der Waals surface area contributed by atoms with Gasteiger partial charge in [-0.3, -0.25) is 10.2 Å². The SMILES string of the molecule is N=C(N)NOCC=Cc1ccc(Cl)cc1Cl. The lowest BCUT2D eigenvalue weighted by molar-refractivity contribution is 0.109. The lowest BCUT2D eigenvalue weighted by atomic mass is 10.2. The highest BCUT2D eigenvalue weighted by molar-refractivity contribution is 6.35. The maximum Gasteiger partial charge on any atom is 0.210 e. The van der Waals surface area contributed by atoms with Crippen LogP contribution in [0.3, 0.4) is 0 Å². The van der Waals surface area contributed by atoms with Crippen LogP contribution >= 0.6 is 23.2 Å². The first-order valence-corrected chi connectivity index (χ1v) is 5.18. The van der Waals surface area contributed by atoms with Gasteiger partial charge in [0.1, 0.15) is 0 Å². The number of hydroxylamine groups is 1. The van der Waals surface area contributed by atoms with Crippen LogP contribution in [0.25, 0.3) is 6.08 Å². The molecule has 0 saturated heterocycles. The summed E-state index contributed by atoms with van der Waals surface area (Å²) in [6.45, 7) is 0.276. The molecule has 0 aliphatic heterocycles. The van der Waals surface area contributed by atoms with Gasteiger partial charge in [-0.25, -0.2) is 5.48 Å². The van der Waals surface area contributed by atoms with Crippen molar-refractivity contribution in [3.63, 3.8) is 0 Å². The number of benzene rings is 1. The Kier molecular flexibility index (Phi) is 5.11. The maximum absolute atomic E-state index is 6.83. The summed E-state index contributed by atoms with van der Waals surface area (Å²) in [5, 5.41) is 8.00. The van der Waals surface area contributed by atoms with Gasteiger partial charge in [0.15, 0.2) is 0 Å². The van der Waals surface area contributed by atoms with Crippen LogP contribution in [-0.4, -0.2) is 12.6 Å². The fourth-order valence-electron chi connectivity index (χ4n) is 0.979. The molecule has 0 aliphatic carbocycles. The summed E-state index contributed by atoms with van der Waals surface area (Å²) in [6, 6.07) is 5.22. The molecule has 0 fully saturated rings. The fraction of sp³-hybridized carbons (Fsp3) is 0.100. The van der Waals surface area contributed by atoms with Gasteiger partial charge >= 0.3 is 0 Å². The standard InChI is InChI=1S/C10H11Cl2N3O/c11-8-4-3-7(9(12)6-8)2-1-5-16-15-10(13)14/h1-4,6H,5H2,(H4,13,14,15). The third-order valence-electron chi connectivity index (χ3n) is 1.62. The van der Waals surface area contributed by atoms with Crippen LogP contribution < -0.4 is 11.2 Å². The van der Waals surface area contributed by atoms with Gasteiger partial charge in [-0.1, -0.05) is 41.4 Å². The zero-order valence-electron chi connectivity index (χ0n) is 8.34. The highest BCUT2D eigenvalue weighted by Gasteiger charge is 1.96. The van der Waals surface area contributed by atoms with Crippen LogP contribution in [0.4, 0.5) is 0 Å². The molecule has 16 heavy (non-hydrogen) atoms. The molecule has 1 aromatic carbocycles. The normalized spacial score (nSPS) is 10.6. The van der Waals surface area contributed by atoms with E-state index in [1.54, 1.807) is 30.4 Å². The smallest absolute Gasteiger partial charge is 0.210 e. The van der Waals surface area contributed by atoms with Crippen LogP contribution in [0, 0.1) is 5.41 Å². The summed E-state index contributed by atoms with van der Waals surface area (Å²) < 4.78 is 0.